The third kappa shape index (κ3) is 2.83. The van der Waals surface area contributed by atoms with Crippen molar-refractivity contribution in [2.75, 3.05) is 0 Å². The smallest absolute Gasteiger partial charge is 0.142 e. The molecule has 0 fully saturated rings. The number of hydrogen-bond acceptors (Lipinski definition) is 4. The second kappa shape index (κ2) is 5.13. The molecule has 3 nitrogen and oxygen atoms in total. The van der Waals surface area contributed by atoms with Crippen LogP contribution in [0.15, 0.2) is 11.1 Å². The summed E-state index contributed by atoms with van der Waals surface area (Å²) in [5, 5.41) is 9.54. The SMILES string of the molecule is CC(=O)C(C)Sc1nc(C)cc(C)c1C#N. The third-order valence-corrected chi connectivity index (χ3v) is 3.49. The molecule has 0 spiro atoms. The number of thioether (sulfide) groups is 1. The quantitative estimate of drug-likeness (QED) is 0.754. The molecule has 1 rings (SSSR count). The Morgan fingerprint density at radius 2 is 2.19 bits per heavy atom. The Balaban J connectivity index is 3.13. The van der Waals surface area contributed by atoms with Gasteiger partial charge in [-0.1, -0.05) is 11.8 Å². The largest absolute Gasteiger partial charge is 0.299 e. The van der Waals surface area contributed by atoms with Gasteiger partial charge < -0.3 is 0 Å². The highest BCUT2D eigenvalue weighted by Crippen LogP contribution is 2.27. The van der Waals surface area contributed by atoms with Crippen LogP contribution in [0.3, 0.4) is 0 Å². The Bertz CT molecular complexity index is 463. The van der Waals surface area contributed by atoms with Gasteiger partial charge in [-0.15, -0.1) is 0 Å². The number of Topliss-reactive ketones (excluding diaryl/α,β-unsaturated/α-hetero) is 1. The molecule has 0 aliphatic rings. The minimum Gasteiger partial charge on any atom is -0.299 e. The van der Waals surface area contributed by atoms with Crippen molar-refractivity contribution in [2.45, 2.75) is 38.0 Å². The molecular formula is C12H14N2OS. The van der Waals surface area contributed by atoms with Crippen LogP contribution in [0.5, 0.6) is 0 Å². The monoisotopic (exact) mass is 234 g/mol. The van der Waals surface area contributed by atoms with Gasteiger partial charge in [-0.25, -0.2) is 4.98 Å². The van der Waals surface area contributed by atoms with Crippen molar-refractivity contribution in [1.82, 2.24) is 4.98 Å². The zero-order chi connectivity index (χ0) is 12.3. The molecule has 0 bridgehead atoms. The van der Waals surface area contributed by atoms with Crippen molar-refractivity contribution >= 4 is 17.5 Å². The van der Waals surface area contributed by atoms with E-state index in [0.717, 1.165) is 11.3 Å². The van der Waals surface area contributed by atoms with Crippen LogP contribution in [0.2, 0.25) is 0 Å². The summed E-state index contributed by atoms with van der Waals surface area (Å²) >= 11 is 1.35. The van der Waals surface area contributed by atoms with Gasteiger partial charge in [0.1, 0.15) is 16.9 Å². The van der Waals surface area contributed by atoms with E-state index in [2.05, 4.69) is 11.1 Å². The third-order valence-electron chi connectivity index (χ3n) is 2.28. The fraction of sp³-hybridized carbons (Fsp3) is 0.417. The predicted molar refractivity (Wildman–Crippen MR) is 64.4 cm³/mol. The predicted octanol–water partition coefficient (Wildman–Crippen LogP) is 2.64. The van der Waals surface area contributed by atoms with E-state index in [-0.39, 0.29) is 11.0 Å². The molecule has 1 aromatic heterocycles. The van der Waals surface area contributed by atoms with Crippen LogP contribution < -0.4 is 0 Å². The van der Waals surface area contributed by atoms with E-state index in [1.165, 1.54) is 11.8 Å². The van der Waals surface area contributed by atoms with Gasteiger partial charge in [0.15, 0.2) is 0 Å². The van der Waals surface area contributed by atoms with Gasteiger partial charge >= 0.3 is 0 Å². The molecule has 1 heterocycles. The van der Waals surface area contributed by atoms with E-state index in [0.29, 0.717) is 10.6 Å². The number of carbonyl (C=O) groups excluding carboxylic acids is 1. The van der Waals surface area contributed by atoms with Crippen LogP contribution in [0, 0.1) is 25.2 Å². The Kier molecular flexibility index (Phi) is 4.08. The van der Waals surface area contributed by atoms with E-state index < -0.39 is 0 Å². The molecule has 0 aliphatic heterocycles. The molecule has 0 amide bonds. The molecule has 0 aliphatic carbocycles. The molecule has 0 radical (unpaired) electrons. The van der Waals surface area contributed by atoms with Crippen molar-refractivity contribution in [1.29, 1.82) is 5.26 Å². The minimum absolute atomic E-state index is 0.0925. The lowest BCUT2D eigenvalue weighted by Gasteiger charge is -2.10. The van der Waals surface area contributed by atoms with Gasteiger partial charge in [0.05, 0.1) is 10.8 Å². The summed E-state index contributed by atoms with van der Waals surface area (Å²) in [4.78, 5) is 15.5. The Morgan fingerprint density at radius 3 is 2.69 bits per heavy atom. The topological polar surface area (TPSA) is 53.8 Å². The first-order valence-electron chi connectivity index (χ1n) is 5.01. The van der Waals surface area contributed by atoms with Crippen LogP contribution in [0.1, 0.15) is 30.7 Å². The zero-order valence-corrected chi connectivity index (χ0v) is 10.7. The maximum atomic E-state index is 11.2. The summed E-state index contributed by atoms with van der Waals surface area (Å²) in [5.74, 6) is 0.0925. The standard InChI is InChI=1S/C12H14N2OS/c1-7-5-8(2)14-12(11(7)6-13)16-10(4)9(3)15/h5,10H,1-4H3. The van der Waals surface area contributed by atoms with E-state index >= 15 is 0 Å². The number of aromatic nitrogens is 1. The van der Waals surface area contributed by atoms with Gasteiger partial charge in [0.2, 0.25) is 0 Å². The van der Waals surface area contributed by atoms with E-state index in [9.17, 15) is 4.79 Å². The minimum atomic E-state index is -0.166. The van der Waals surface area contributed by atoms with Crippen LogP contribution in [-0.2, 0) is 4.79 Å². The Morgan fingerprint density at radius 1 is 1.56 bits per heavy atom. The summed E-state index contributed by atoms with van der Waals surface area (Å²) in [7, 11) is 0. The van der Waals surface area contributed by atoms with Crippen LogP contribution in [0.4, 0.5) is 0 Å². The fourth-order valence-electron chi connectivity index (χ4n) is 1.27. The number of rotatable bonds is 3. The van der Waals surface area contributed by atoms with Gasteiger partial charge in [-0.05, 0) is 39.3 Å². The van der Waals surface area contributed by atoms with E-state index in [1.807, 2.05) is 26.8 Å². The lowest BCUT2D eigenvalue weighted by Crippen LogP contribution is -2.09. The summed E-state index contributed by atoms with van der Waals surface area (Å²) in [6, 6.07) is 4.02. The fourth-order valence-corrected chi connectivity index (χ4v) is 2.30. The van der Waals surface area contributed by atoms with Crippen molar-refractivity contribution in [3.05, 3.63) is 22.9 Å². The number of pyridine rings is 1. The number of carbonyl (C=O) groups is 1. The second-order valence-corrected chi connectivity index (χ2v) is 5.07. The zero-order valence-electron chi connectivity index (χ0n) is 9.87. The molecule has 0 saturated carbocycles. The average molecular weight is 234 g/mol. The Hall–Kier alpha value is -1.34. The van der Waals surface area contributed by atoms with Gasteiger partial charge in [-0.2, -0.15) is 5.26 Å². The van der Waals surface area contributed by atoms with Crippen molar-refractivity contribution in [2.24, 2.45) is 0 Å². The highest BCUT2D eigenvalue weighted by molar-refractivity contribution is 8.00. The second-order valence-electron chi connectivity index (χ2n) is 3.74. The molecule has 0 aromatic carbocycles. The van der Waals surface area contributed by atoms with Crippen molar-refractivity contribution in [3.8, 4) is 6.07 Å². The number of nitrogens with zero attached hydrogens (tertiary/aromatic N) is 2. The van der Waals surface area contributed by atoms with Crippen LogP contribution in [0.25, 0.3) is 0 Å². The van der Waals surface area contributed by atoms with Crippen molar-refractivity contribution < 1.29 is 4.79 Å². The highest BCUT2D eigenvalue weighted by Gasteiger charge is 2.15. The van der Waals surface area contributed by atoms with Crippen LogP contribution >= 0.6 is 11.8 Å². The lowest BCUT2D eigenvalue weighted by molar-refractivity contribution is -0.116. The van der Waals surface area contributed by atoms with Gasteiger partial charge in [0.25, 0.3) is 0 Å². The van der Waals surface area contributed by atoms with E-state index in [4.69, 9.17) is 5.26 Å². The summed E-state index contributed by atoms with van der Waals surface area (Å²) in [6.45, 7) is 7.15. The molecule has 0 N–H and O–H groups in total. The molecule has 84 valence electrons. The van der Waals surface area contributed by atoms with Gasteiger partial charge in [0, 0.05) is 5.69 Å². The first kappa shape index (κ1) is 12.7. The van der Waals surface area contributed by atoms with Crippen LogP contribution in [-0.4, -0.2) is 16.0 Å². The summed E-state index contributed by atoms with van der Waals surface area (Å²) < 4.78 is 0. The maximum Gasteiger partial charge on any atom is 0.142 e. The summed E-state index contributed by atoms with van der Waals surface area (Å²) in [6.07, 6.45) is 0. The van der Waals surface area contributed by atoms with E-state index in [1.54, 1.807) is 6.92 Å². The molecule has 4 heteroatoms. The number of hydrogen-bond donors (Lipinski definition) is 0. The molecule has 1 aromatic rings. The first-order chi connectivity index (χ1) is 7.45. The molecule has 16 heavy (non-hydrogen) atoms. The summed E-state index contributed by atoms with van der Waals surface area (Å²) in [5.41, 5.74) is 2.35. The van der Waals surface area contributed by atoms with Crippen molar-refractivity contribution in [3.63, 3.8) is 0 Å². The molecule has 1 atom stereocenters. The highest BCUT2D eigenvalue weighted by atomic mass is 32.2. The average Bonchev–Trinajstić information content (AvgIpc) is 2.16. The Labute approximate surface area is 99.9 Å². The first-order valence-corrected chi connectivity index (χ1v) is 5.89. The lowest BCUT2D eigenvalue weighted by atomic mass is 10.1. The molecular weight excluding hydrogens is 220 g/mol. The maximum absolute atomic E-state index is 11.2. The normalized spacial score (nSPS) is 11.9. The number of aryl methyl sites for hydroxylation is 2. The number of nitriles is 1. The molecule has 1 unspecified atom stereocenters. The number of ketones is 1. The van der Waals surface area contributed by atoms with Gasteiger partial charge in [-0.3, -0.25) is 4.79 Å². The molecule has 0 saturated heterocycles.